The minimum absolute atomic E-state index is 0. The summed E-state index contributed by atoms with van der Waals surface area (Å²) < 4.78 is 11.6. The number of ketones is 1. The minimum Gasteiger partial charge on any atom is -0.463 e. The third-order valence-electron chi connectivity index (χ3n) is 11.0. The zero-order valence-electron chi connectivity index (χ0n) is 33.2. The normalized spacial score (nSPS) is 17.4. The molecular weight excluding hydrogens is 745 g/mol. The maximum atomic E-state index is 14.0. The fourth-order valence-electron chi connectivity index (χ4n) is 8.23. The summed E-state index contributed by atoms with van der Waals surface area (Å²) in [5.41, 5.74) is 4.49. The van der Waals surface area contributed by atoms with Gasteiger partial charge in [0.1, 0.15) is 23.4 Å². The molecule has 3 amide bonds. The second-order valence-corrected chi connectivity index (χ2v) is 15.4. The lowest BCUT2D eigenvalue weighted by Crippen LogP contribution is -2.46. The van der Waals surface area contributed by atoms with Gasteiger partial charge in [-0.15, -0.1) is 0 Å². The highest BCUT2D eigenvalue weighted by Gasteiger charge is 2.39. The Balaban J connectivity index is 0.00000585. The number of likely N-dealkylation sites (N-methyl/N-ethyl adjacent to an activating group) is 1. The number of esters is 1. The number of nitrogens with zero attached hydrogens (tertiary/aromatic N) is 2. The third kappa shape index (κ3) is 9.80. The van der Waals surface area contributed by atoms with Gasteiger partial charge in [-0.2, -0.15) is 0 Å². The maximum absolute atomic E-state index is 14.0. The van der Waals surface area contributed by atoms with E-state index in [1.807, 2.05) is 97.1 Å². The van der Waals surface area contributed by atoms with Crippen molar-refractivity contribution < 1.29 is 33.1 Å². The number of benzene rings is 4. The quantitative estimate of drug-likeness (QED) is 0.108. The molecule has 59 heavy (non-hydrogen) atoms. The summed E-state index contributed by atoms with van der Waals surface area (Å²) >= 11 is 0. The number of nitrogens with one attached hydrogen (secondary N) is 2. The lowest BCUT2D eigenvalue weighted by atomic mass is 9.93. The molecule has 0 saturated carbocycles. The molecule has 3 heterocycles. The first-order valence-electron chi connectivity index (χ1n) is 20.1. The lowest BCUT2D eigenvalue weighted by molar-refractivity contribution is -0.150. The number of anilines is 1. The Labute approximate surface area is 346 Å². The first kappa shape index (κ1) is 42.5. The Morgan fingerprint density at radius 2 is 1.39 bits per heavy atom. The second kappa shape index (κ2) is 19.1. The standard InChI is InChI=1S/C47H50N4O7.CH4/c1-30(2)57-43(53)29-37(32-12-6-4-7-13-32)46(55)51-25-11-17-39(51)45(54)49-36-21-19-33(20-22-36)42-28-35-26-31(18-23-41(35)58-42)27-40(52)38-16-10-24-50(38)47(56)44(48-3)34-14-8-5-9-15-34;/h4-9,12-15,18-23,26,28,30,37-39,44,48H,10-11,16-17,24-25,27,29H2,1-3H3,(H,49,54);1H4/t37-,38+,39+,44-;/m1./s1. The van der Waals surface area contributed by atoms with Gasteiger partial charge in [0.05, 0.1) is 24.5 Å². The first-order chi connectivity index (χ1) is 28.1. The maximum Gasteiger partial charge on any atom is 0.307 e. The van der Waals surface area contributed by atoms with Crippen LogP contribution in [0.2, 0.25) is 0 Å². The van der Waals surface area contributed by atoms with Crippen LogP contribution in [-0.4, -0.2) is 77.6 Å². The Kier molecular flexibility index (Phi) is 13.8. The van der Waals surface area contributed by atoms with Crippen molar-refractivity contribution in [2.75, 3.05) is 25.5 Å². The van der Waals surface area contributed by atoms with E-state index in [0.29, 0.717) is 54.9 Å². The van der Waals surface area contributed by atoms with E-state index in [1.165, 1.54) is 0 Å². The number of hydrogen-bond acceptors (Lipinski definition) is 8. The van der Waals surface area contributed by atoms with Crippen molar-refractivity contribution in [3.63, 3.8) is 0 Å². The highest BCUT2D eigenvalue weighted by molar-refractivity contribution is 5.99. The van der Waals surface area contributed by atoms with Crippen LogP contribution < -0.4 is 10.6 Å². The number of Topliss-reactive ketones (excluding diaryl/α,β-unsaturated/α-hetero) is 1. The van der Waals surface area contributed by atoms with Gasteiger partial charge in [-0.05, 0) is 106 Å². The largest absolute Gasteiger partial charge is 0.463 e. The molecule has 2 saturated heterocycles. The van der Waals surface area contributed by atoms with Gasteiger partial charge < -0.3 is 29.6 Å². The van der Waals surface area contributed by atoms with Gasteiger partial charge in [-0.1, -0.05) is 74.2 Å². The van der Waals surface area contributed by atoms with Gasteiger partial charge in [0, 0.05) is 36.1 Å². The van der Waals surface area contributed by atoms with Gasteiger partial charge in [0.2, 0.25) is 17.7 Å². The molecule has 0 spiro atoms. The van der Waals surface area contributed by atoms with Crippen LogP contribution in [0, 0.1) is 0 Å². The summed E-state index contributed by atoms with van der Waals surface area (Å²) in [6.07, 6.45) is 2.41. The van der Waals surface area contributed by atoms with Crippen LogP contribution in [0.4, 0.5) is 5.69 Å². The molecule has 11 nitrogen and oxygen atoms in total. The second-order valence-electron chi connectivity index (χ2n) is 15.4. The fourth-order valence-corrected chi connectivity index (χ4v) is 8.23. The van der Waals surface area contributed by atoms with Crippen molar-refractivity contribution in [1.29, 1.82) is 0 Å². The number of carbonyl (C=O) groups is 5. The van der Waals surface area contributed by atoms with Crippen LogP contribution in [0.1, 0.15) is 82.0 Å². The molecular formula is C48H54N4O7. The molecule has 308 valence electrons. The highest BCUT2D eigenvalue weighted by Crippen LogP contribution is 2.32. The Hall–Kier alpha value is -6.07. The van der Waals surface area contributed by atoms with E-state index >= 15 is 0 Å². The summed E-state index contributed by atoms with van der Waals surface area (Å²) in [4.78, 5) is 70.8. The molecule has 11 heteroatoms. The van der Waals surface area contributed by atoms with E-state index in [9.17, 15) is 24.0 Å². The van der Waals surface area contributed by atoms with Crippen molar-refractivity contribution in [3.8, 4) is 11.3 Å². The smallest absolute Gasteiger partial charge is 0.307 e. The molecule has 0 unspecified atom stereocenters. The lowest BCUT2D eigenvalue weighted by Gasteiger charge is -2.28. The van der Waals surface area contributed by atoms with E-state index in [-0.39, 0.29) is 49.9 Å². The van der Waals surface area contributed by atoms with E-state index in [4.69, 9.17) is 9.15 Å². The predicted octanol–water partition coefficient (Wildman–Crippen LogP) is 7.85. The monoisotopic (exact) mass is 798 g/mol. The number of amides is 3. The van der Waals surface area contributed by atoms with Crippen LogP contribution in [0.25, 0.3) is 22.3 Å². The molecule has 4 aromatic carbocycles. The number of fused-ring (bicyclic) bond motifs is 1. The Morgan fingerprint density at radius 3 is 2.03 bits per heavy atom. The van der Waals surface area contributed by atoms with Crippen LogP contribution in [0.15, 0.2) is 114 Å². The first-order valence-corrected chi connectivity index (χ1v) is 20.1. The van der Waals surface area contributed by atoms with Crippen molar-refractivity contribution in [2.45, 2.75) is 89.9 Å². The zero-order chi connectivity index (χ0) is 40.8. The molecule has 4 atom stereocenters. The number of carbonyl (C=O) groups excluding carboxylic acids is 5. The van der Waals surface area contributed by atoms with Crippen LogP contribution >= 0.6 is 0 Å². The van der Waals surface area contributed by atoms with Crippen molar-refractivity contribution in [1.82, 2.24) is 15.1 Å². The van der Waals surface area contributed by atoms with Crippen LogP contribution in [0.5, 0.6) is 0 Å². The van der Waals surface area contributed by atoms with E-state index < -0.39 is 30.0 Å². The van der Waals surface area contributed by atoms with E-state index in [0.717, 1.165) is 28.5 Å². The Bertz CT molecular complexity index is 2250. The van der Waals surface area contributed by atoms with Gasteiger partial charge in [0.25, 0.3) is 0 Å². The van der Waals surface area contributed by atoms with Gasteiger partial charge in [-0.3, -0.25) is 24.0 Å². The van der Waals surface area contributed by atoms with Gasteiger partial charge >= 0.3 is 5.97 Å². The summed E-state index contributed by atoms with van der Waals surface area (Å²) in [7, 11) is 1.76. The molecule has 2 fully saturated rings. The summed E-state index contributed by atoms with van der Waals surface area (Å²) in [5, 5.41) is 6.96. The summed E-state index contributed by atoms with van der Waals surface area (Å²) in [5.74, 6) is -1.21. The molecule has 2 aliphatic rings. The molecule has 0 aliphatic carbocycles. The number of likely N-dealkylation sites (tertiary alicyclic amines) is 2. The Morgan fingerprint density at radius 1 is 0.763 bits per heavy atom. The van der Waals surface area contributed by atoms with Crippen LogP contribution in [-0.2, 0) is 35.1 Å². The van der Waals surface area contributed by atoms with Crippen molar-refractivity contribution in [3.05, 3.63) is 126 Å². The minimum atomic E-state index is -0.759. The molecule has 2 aliphatic heterocycles. The molecule has 1 aromatic heterocycles. The number of rotatable bonds is 14. The highest BCUT2D eigenvalue weighted by atomic mass is 16.5. The average Bonchev–Trinajstić information content (AvgIpc) is 4.01. The SMILES string of the molecule is C.CN[C@@H](C(=O)N1CCC[C@H]1C(=O)Cc1ccc2oc(-c3ccc(NC(=O)[C@@H]4CCCN4C(=O)[C@H](CC(=O)OC(C)C)c4ccccc4)cc3)cc2c1)c1ccccc1. The molecule has 0 radical (unpaired) electrons. The number of furan rings is 1. The van der Waals surface area contributed by atoms with Gasteiger partial charge in [0.15, 0.2) is 5.78 Å². The van der Waals surface area contributed by atoms with Gasteiger partial charge in [-0.25, -0.2) is 0 Å². The molecule has 0 bridgehead atoms. The topological polar surface area (TPSA) is 138 Å². The third-order valence-corrected chi connectivity index (χ3v) is 11.0. The fraction of sp³-hybridized carbons (Fsp3) is 0.354. The number of hydrogen-bond donors (Lipinski definition) is 2. The molecule has 2 N–H and O–H groups in total. The molecule has 7 rings (SSSR count). The molecule has 5 aromatic rings. The summed E-state index contributed by atoms with van der Waals surface area (Å²) in [6.45, 7) is 4.52. The van der Waals surface area contributed by atoms with Crippen molar-refractivity contribution >= 4 is 46.1 Å². The van der Waals surface area contributed by atoms with Crippen LogP contribution in [0.3, 0.4) is 0 Å². The summed E-state index contributed by atoms with van der Waals surface area (Å²) in [6, 6.07) is 32.0. The predicted molar refractivity (Wildman–Crippen MR) is 228 cm³/mol. The van der Waals surface area contributed by atoms with E-state index in [2.05, 4.69) is 10.6 Å². The zero-order valence-corrected chi connectivity index (χ0v) is 33.2. The average molecular weight is 799 g/mol. The van der Waals surface area contributed by atoms with Crippen molar-refractivity contribution in [2.24, 2.45) is 0 Å². The van der Waals surface area contributed by atoms with E-state index in [1.54, 1.807) is 42.8 Å². The number of ether oxygens (including phenoxy) is 1.